The maximum Gasteiger partial charge on any atom is 0.244 e. The number of fused-ring (bicyclic) bond motifs is 2. The molecule has 1 aliphatic heterocycles. The number of carbonyl (C=O) groups excluding carboxylic acids is 1. The fourth-order valence-corrected chi connectivity index (χ4v) is 5.50. The van der Waals surface area contributed by atoms with Crippen LogP contribution in [-0.4, -0.2) is 29.9 Å². The van der Waals surface area contributed by atoms with Crippen LogP contribution in [0.5, 0.6) is 0 Å². The van der Waals surface area contributed by atoms with Crippen LogP contribution in [0.2, 0.25) is 0 Å². The topological polar surface area (TPSA) is 132 Å². The Bertz CT molecular complexity index is 1320. The van der Waals surface area contributed by atoms with Crippen molar-refractivity contribution < 1.29 is 4.79 Å². The number of nitrogens with zero attached hydrogens (tertiary/aromatic N) is 2. The van der Waals surface area contributed by atoms with Gasteiger partial charge in [0, 0.05) is 29.9 Å². The quantitative estimate of drug-likeness (QED) is 0.337. The average molecular weight is 467 g/mol. The van der Waals surface area contributed by atoms with Gasteiger partial charge in [0.05, 0.1) is 6.07 Å². The maximum absolute atomic E-state index is 13.7. The molecule has 2 atom stereocenters. The smallest absolute Gasteiger partial charge is 0.244 e. The number of carbonyl (C=O) groups is 1. The molecule has 2 aliphatic rings. The van der Waals surface area contributed by atoms with Gasteiger partial charge in [-0.25, -0.2) is 0 Å². The van der Waals surface area contributed by atoms with Gasteiger partial charge >= 0.3 is 0 Å². The zero-order valence-corrected chi connectivity index (χ0v) is 19.6. The van der Waals surface area contributed by atoms with Crippen LogP contribution in [0, 0.1) is 16.7 Å². The van der Waals surface area contributed by atoms with Gasteiger partial charge in [0.1, 0.15) is 17.8 Å². The molecule has 1 amide bonds. The molecule has 178 valence electrons. The van der Waals surface area contributed by atoms with Crippen LogP contribution in [0.1, 0.15) is 48.3 Å². The molecule has 6 N–H and O–H groups in total. The summed E-state index contributed by atoms with van der Waals surface area (Å²) in [5.41, 5.74) is 15.1. The highest BCUT2D eigenvalue weighted by Gasteiger charge is 2.44. The third-order valence-electron chi connectivity index (χ3n) is 7.38. The fraction of sp³-hybridized carbons (Fsp3) is 0.321. The number of hydrogen-bond donors (Lipinski definition) is 4. The van der Waals surface area contributed by atoms with Gasteiger partial charge in [0.2, 0.25) is 5.91 Å². The summed E-state index contributed by atoms with van der Waals surface area (Å²) < 4.78 is 0. The number of hydrogen-bond acceptors (Lipinski definition) is 5. The van der Waals surface area contributed by atoms with Gasteiger partial charge in [-0.05, 0) is 53.6 Å². The molecule has 35 heavy (non-hydrogen) atoms. The number of nitrogens with one attached hydrogen (secondary N) is 2. The zero-order valence-electron chi connectivity index (χ0n) is 19.6. The van der Waals surface area contributed by atoms with Gasteiger partial charge in [-0.2, -0.15) is 5.26 Å². The van der Waals surface area contributed by atoms with E-state index >= 15 is 0 Å². The third-order valence-corrected chi connectivity index (χ3v) is 7.38. The number of amides is 1. The Hall–Kier alpha value is -3.89. The minimum Gasteiger partial charge on any atom is -0.384 e. The van der Waals surface area contributed by atoms with Crippen molar-refractivity contribution in [2.45, 2.75) is 56.3 Å². The first-order chi connectivity index (χ1) is 17.0. The van der Waals surface area contributed by atoms with E-state index in [0.29, 0.717) is 12.1 Å². The highest BCUT2D eigenvalue weighted by Crippen LogP contribution is 2.43. The lowest BCUT2D eigenvalue weighted by molar-refractivity contribution is -0.123. The highest BCUT2D eigenvalue weighted by atomic mass is 16.2. The SMILES string of the molecule is N#CC1c2ccc(C(=N)N)cc2N(Cc2cccc3ccccc23)C1C(=O)NC1CCC(N)CC1. The van der Waals surface area contributed by atoms with Gasteiger partial charge in [-0.15, -0.1) is 0 Å². The predicted molar refractivity (Wildman–Crippen MR) is 138 cm³/mol. The Balaban J connectivity index is 1.54. The van der Waals surface area contributed by atoms with E-state index < -0.39 is 12.0 Å². The van der Waals surface area contributed by atoms with Crippen molar-refractivity contribution in [3.8, 4) is 6.07 Å². The van der Waals surface area contributed by atoms with Crippen LogP contribution in [0.15, 0.2) is 60.7 Å². The second-order valence-corrected chi connectivity index (χ2v) is 9.63. The first-order valence-corrected chi connectivity index (χ1v) is 12.1. The Morgan fingerprint density at radius 1 is 1.09 bits per heavy atom. The van der Waals surface area contributed by atoms with Crippen LogP contribution >= 0.6 is 0 Å². The van der Waals surface area contributed by atoms with Gasteiger partial charge in [0.15, 0.2) is 0 Å². The summed E-state index contributed by atoms with van der Waals surface area (Å²) in [5, 5.41) is 23.5. The minimum absolute atomic E-state index is 0.0436. The van der Waals surface area contributed by atoms with Crippen LogP contribution in [-0.2, 0) is 11.3 Å². The molecule has 3 aromatic rings. The number of benzene rings is 3. The van der Waals surface area contributed by atoms with Crippen LogP contribution in [0.3, 0.4) is 0 Å². The average Bonchev–Trinajstić information content (AvgIpc) is 3.18. The molecule has 1 aliphatic carbocycles. The highest BCUT2D eigenvalue weighted by molar-refractivity contribution is 5.98. The van der Waals surface area contributed by atoms with Crippen molar-refractivity contribution in [2.75, 3.05) is 4.90 Å². The van der Waals surface area contributed by atoms with Gasteiger partial charge in [-0.3, -0.25) is 10.2 Å². The zero-order chi connectivity index (χ0) is 24.5. The number of amidine groups is 1. The number of nitrogen functional groups attached to an aromatic ring is 1. The third kappa shape index (κ3) is 4.33. The summed E-state index contributed by atoms with van der Waals surface area (Å²) in [5.74, 6) is -0.803. The molecule has 1 fully saturated rings. The molecule has 0 saturated heterocycles. The van der Waals surface area contributed by atoms with Crippen molar-refractivity contribution in [1.82, 2.24) is 5.32 Å². The Kier molecular flexibility index (Phi) is 6.14. The number of anilines is 1. The molecule has 0 spiro atoms. The molecule has 0 radical (unpaired) electrons. The summed E-state index contributed by atoms with van der Waals surface area (Å²) in [6.07, 6.45) is 3.47. The lowest BCUT2D eigenvalue weighted by Crippen LogP contribution is -2.50. The van der Waals surface area contributed by atoms with Crippen molar-refractivity contribution in [3.63, 3.8) is 0 Å². The van der Waals surface area contributed by atoms with Gasteiger partial charge in [0.25, 0.3) is 0 Å². The predicted octanol–water partition coefficient (Wildman–Crippen LogP) is 3.51. The molecule has 0 bridgehead atoms. The van der Waals surface area contributed by atoms with E-state index in [4.69, 9.17) is 16.9 Å². The van der Waals surface area contributed by atoms with Crippen molar-refractivity contribution in [2.24, 2.45) is 11.5 Å². The van der Waals surface area contributed by atoms with E-state index in [2.05, 4.69) is 35.7 Å². The summed E-state index contributed by atoms with van der Waals surface area (Å²) in [4.78, 5) is 15.7. The second-order valence-electron chi connectivity index (χ2n) is 9.63. The van der Waals surface area contributed by atoms with Gasteiger partial charge in [-0.1, -0.05) is 54.6 Å². The van der Waals surface area contributed by atoms with Crippen molar-refractivity contribution in [1.29, 1.82) is 10.7 Å². The van der Waals surface area contributed by atoms with E-state index in [1.807, 2.05) is 35.2 Å². The van der Waals surface area contributed by atoms with Crippen LogP contribution < -0.4 is 21.7 Å². The molecule has 1 saturated carbocycles. The molecule has 7 heteroatoms. The van der Waals surface area contributed by atoms with E-state index in [0.717, 1.165) is 53.3 Å². The largest absolute Gasteiger partial charge is 0.384 e. The molecular formula is C28H30N6O. The monoisotopic (exact) mass is 466 g/mol. The second kappa shape index (κ2) is 9.40. The lowest BCUT2D eigenvalue weighted by atomic mass is 9.90. The molecule has 5 rings (SSSR count). The van der Waals surface area contributed by atoms with Gasteiger partial charge < -0.3 is 21.7 Å². The van der Waals surface area contributed by atoms with E-state index in [-0.39, 0.29) is 23.8 Å². The summed E-state index contributed by atoms with van der Waals surface area (Å²) in [7, 11) is 0. The Morgan fingerprint density at radius 3 is 2.57 bits per heavy atom. The molecule has 7 nitrogen and oxygen atoms in total. The molecule has 2 unspecified atom stereocenters. The summed E-state index contributed by atoms with van der Waals surface area (Å²) in [6.45, 7) is 0.460. The summed E-state index contributed by atoms with van der Waals surface area (Å²) >= 11 is 0. The number of nitriles is 1. The van der Waals surface area contributed by atoms with E-state index in [9.17, 15) is 10.1 Å². The summed E-state index contributed by atoms with van der Waals surface area (Å²) in [6, 6.07) is 21.7. The minimum atomic E-state index is -0.674. The number of nitrogens with two attached hydrogens (primary N) is 2. The lowest BCUT2D eigenvalue weighted by Gasteiger charge is -2.32. The molecule has 3 aromatic carbocycles. The number of rotatable bonds is 5. The molecule has 0 aromatic heterocycles. The van der Waals surface area contributed by atoms with E-state index in [1.165, 1.54) is 0 Å². The van der Waals surface area contributed by atoms with Crippen LogP contribution in [0.25, 0.3) is 10.8 Å². The van der Waals surface area contributed by atoms with Crippen molar-refractivity contribution in [3.05, 3.63) is 77.4 Å². The molecular weight excluding hydrogens is 436 g/mol. The Labute approximate surface area is 205 Å². The fourth-order valence-electron chi connectivity index (χ4n) is 5.50. The van der Waals surface area contributed by atoms with Crippen molar-refractivity contribution >= 4 is 28.2 Å². The van der Waals surface area contributed by atoms with Crippen LogP contribution in [0.4, 0.5) is 5.69 Å². The molecule has 1 heterocycles. The standard InChI is InChI=1S/C28H30N6O/c29-15-24-23-13-8-18(27(31)32)14-25(23)34(16-19-6-3-5-17-4-1-2-7-22(17)19)26(24)28(35)33-21-11-9-20(30)10-12-21/h1-8,13-14,20-21,24,26H,9-12,16,30H2,(H3,31,32)(H,33,35). The Morgan fingerprint density at radius 2 is 1.83 bits per heavy atom. The maximum atomic E-state index is 13.7. The van der Waals surface area contributed by atoms with E-state index in [1.54, 1.807) is 6.07 Å². The normalized spacial score (nSPS) is 23.5. The first kappa shape index (κ1) is 22.9. The first-order valence-electron chi connectivity index (χ1n) is 12.1.